The summed E-state index contributed by atoms with van der Waals surface area (Å²) in [4.78, 5) is 14.1. The second kappa shape index (κ2) is 4.30. The molecule has 0 aliphatic carbocycles. The van der Waals surface area contributed by atoms with Crippen molar-refractivity contribution in [3.05, 3.63) is 0 Å². The minimum absolute atomic E-state index is 0.0685. The topological polar surface area (TPSA) is 32.3 Å². The van der Waals surface area contributed by atoms with E-state index in [1.807, 2.05) is 18.9 Å². The number of carbonyl (C=O) groups is 1. The first-order valence-electron chi connectivity index (χ1n) is 5.45. The third-order valence-electron chi connectivity index (χ3n) is 3.10. The molecule has 82 valence electrons. The van der Waals surface area contributed by atoms with Crippen molar-refractivity contribution in [2.45, 2.75) is 39.2 Å². The quantitative estimate of drug-likeness (QED) is 0.740. The lowest BCUT2D eigenvalue weighted by Crippen LogP contribution is -2.46. The Morgan fingerprint density at radius 3 is 2.64 bits per heavy atom. The molecule has 0 radical (unpaired) electrons. The molecule has 1 atom stereocenters. The minimum Gasteiger partial charge on any atom is -0.337 e. The van der Waals surface area contributed by atoms with Crippen molar-refractivity contribution in [3.63, 3.8) is 0 Å². The highest BCUT2D eigenvalue weighted by Gasteiger charge is 2.36. The molecule has 14 heavy (non-hydrogen) atoms. The van der Waals surface area contributed by atoms with Gasteiger partial charge in [0.05, 0.1) is 0 Å². The number of nitrogens with one attached hydrogen (secondary N) is 1. The summed E-state index contributed by atoms with van der Waals surface area (Å²) in [6, 6.07) is 0. The number of hydrogen-bond acceptors (Lipinski definition) is 2. The Balaban J connectivity index is 2.60. The lowest BCUT2D eigenvalue weighted by molar-refractivity contribution is -0.138. The van der Waals surface area contributed by atoms with Gasteiger partial charge in [-0.3, -0.25) is 4.79 Å². The number of likely N-dealkylation sites (tertiary alicyclic amines) is 1. The zero-order valence-electron chi connectivity index (χ0n) is 9.76. The second-order valence-electron chi connectivity index (χ2n) is 4.86. The van der Waals surface area contributed by atoms with Crippen LogP contribution in [0.15, 0.2) is 0 Å². The molecule has 0 saturated carbocycles. The maximum Gasteiger partial charge on any atom is 0.227 e. The Kier molecular flexibility index (Phi) is 3.53. The van der Waals surface area contributed by atoms with Crippen LogP contribution < -0.4 is 5.32 Å². The average molecular weight is 198 g/mol. The molecule has 1 rings (SSSR count). The highest BCUT2D eigenvalue weighted by molar-refractivity contribution is 5.79. The summed E-state index contributed by atoms with van der Waals surface area (Å²) in [5.74, 6) is 0.388. The van der Waals surface area contributed by atoms with E-state index in [4.69, 9.17) is 0 Å². The third kappa shape index (κ3) is 2.27. The highest BCUT2D eigenvalue weighted by Crippen LogP contribution is 2.29. The van der Waals surface area contributed by atoms with Gasteiger partial charge in [-0.2, -0.15) is 0 Å². The van der Waals surface area contributed by atoms with Gasteiger partial charge in [0, 0.05) is 24.5 Å². The molecule has 1 saturated heterocycles. The molecule has 1 fully saturated rings. The number of hydrogen-bond donors (Lipinski definition) is 1. The molecule has 0 spiro atoms. The average Bonchev–Trinajstić information content (AvgIpc) is 2.44. The highest BCUT2D eigenvalue weighted by atomic mass is 16.2. The van der Waals surface area contributed by atoms with Gasteiger partial charge in [-0.05, 0) is 33.7 Å². The molecule has 1 aliphatic rings. The smallest absolute Gasteiger partial charge is 0.227 e. The molecule has 1 N–H and O–H groups in total. The molecule has 1 aliphatic heterocycles. The van der Waals surface area contributed by atoms with Gasteiger partial charge in [0.2, 0.25) is 5.91 Å². The number of amides is 1. The Hall–Kier alpha value is -0.570. The lowest BCUT2D eigenvalue weighted by atomic mass is 10.0. The van der Waals surface area contributed by atoms with Crippen LogP contribution in [-0.4, -0.2) is 36.5 Å². The lowest BCUT2D eigenvalue weighted by Gasteiger charge is -2.33. The Morgan fingerprint density at radius 2 is 2.21 bits per heavy atom. The van der Waals surface area contributed by atoms with Crippen molar-refractivity contribution in [1.29, 1.82) is 0 Å². The van der Waals surface area contributed by atoms with E-state index in [-0.39, 0.29) is 11.5 Å². The van der Waals surface area contributed by atoms with Gasteiger partial charge in [-0.1, -0.05) is 6.92 Å². The SMILES string of the molecule is CNCC(C)C(=O)N1CCCC1(C)C. The van der Waals surface area contributed by atoms with Crippen LogP contribution in [-0.2, 0) is 4.79 Å². The van der Waals surface area contributed by atoms with Crippen LogP contribution in [0.2, 0.25) is 0 Å². The predicted molar refractivity (Wildman–Crippen MR) is 58.1 cm³/mol. The summed E-state index contributed by atoms with van der Waals surface area (Å²) in [6.07, 6.45) is 2.27. The van der Waals surface area contributed by atoms with E-state index >= 15 is 0 Å². The molecule has 0 aromatic carbocycles. The first-order valence-corrected chi connectivity index (χ1v) is 5.45. The molecule has 0 bridgehead atoms. The van der Waals surface area contributed by atoms with Crippen molar-refractivity contribution in [1.82, 2.24) is 10.2 Å². The maximum atomic E-state index is 12.0. The van der Waals surface area contributed by atoms with Gasteiger partial charge >= 0.3 is 0 Å². The fraction of sp³-hybridized carbons (Fsp3) is 0.909. The molecular formula is C11H22N2O. The first kappa shape index (κ1) is 11.5. The van der Waals surface area contributed by atoms with E-state index in [9.17, 15) is 4.79 Å². The van der Waals surface area contributed by atoms with Crippen LogP contribution in [0.1, 0.15) is 33.6 Å². The fourth-order valence-electron chi connectivity index (χ4n) is 2.18. The van der Waals surface area contributed by atoms with Crippen LogP contribution >= 0.6 is 0 Å². The molecular weight excluding hydrogens is 176 g/mol. The van der Waals surface area contributed by atoms with Gasteiger partial charge in [0.15, 0.2) is 0 Å². The molecule has 1 unspecified atom stereocenters. The van der Waals surface area contributed by atoms with Crippen LogP contribution in [0.3, 0.4) is 0 Å². The van der Waals surface area contributed by atoms with Gasteiger partial charge in [0.1, 0.15) is 0 Å². The first-order chi connectivity index (χ1) is 6.49. The molecule has 1 heterocycles. The third-order valence-corrected chi connectivity index (χ3v) is 3.10. The summed E-state index contributed by atoms with van der Waals surface area (Å²) < 4.78 is 0. The summed E-state index contributed by atoms with van der Waals surface area (Å²) >= 11 is 0. The zero-order chi connectivity index (χ0) is 10.8. The molecule has 0 aromatic rings. The largest absolute Gasteiger partial charge is 0.337 e. The van der Waals surface area contributed by atoms with E-state index in [0.717, 1.165) is 25.9 Å². The van der Waals surface area contributed by atoms with Crippen molar-refractivity contribution in [2.24, 2.45) is 5.92 Å². The van der Waals surface area contributed by atoms with Crippen molar-refractivity contribution in [3.8, 4) is 0 Å². The minimum atomic E-state index is 0.0685. The normalized spacial score (nSPS) is 22.4. The zero-order valence-corrected chi connectivity index (χ0v) is 9.76. The van der Waals surface area contributed by atoms with Gasteiger partial charge in [-0.25, -0.2) is 0 Å². The van der Waals surface area contributed by atoms with E-state index in [0.29, 0.717) is 5.91 Å². The van der Waals surface area contributed by atoms with Gasteiger partial charge in [0.25, 0.3) is 0 Å². The maximum absolute atomic E-state index is 12.0. The molecule has 3 nitrogen and oxygen atoms in total. The van der Waals surface area contributed by atoms with E-state index in [2.05, 4.69) is 19.2 Å². The Morgan fingerprint density at radius 1 is 1.57 bits per heavy atom. The van der Waals surface area contributed by atoms with Crippen molar-refractivity contribution >= 4 is 5.91 Å². The Bertz CT molecular complexity index is 213. The second-order valence-corrected chi connectivity index (χ2v) is 4.86. The van der Waals surface area contributed by atoms with E-state index in [1.165, 1.54) is 0 Å². The van der Waals surface area contributed by atoms with Crippen molar-refractivity contribution in [2.75, 3.05) is 20.1 Å². The Labute approximate surface area is 86.9 Å². The predicted octanol–water partition coefficient (Wildman–Crippen LogP) is 1.24. The number of carbonyl (C=O) groups excluding carboxylic acids is 1. The summed E-state index contributed by atoms with van der Waals surface area (Å²) in [7, 11) is 1.89. The van der Waals surface area contributed by atoms with Crippen LogP contribution in [0.4, 0.5) is 0 Å². The fourth-order valence-corrected chi connectivity index (χ4v) is 2.18. The van der Waals surface area contributed by atoms with E-state index in [1.54, 1.807) is 0 Å². The van der Waals surface area contributed by atoms with Crippen molar-refractivity contribution < 1.29 is 4.79 Å². The van der Waals surface area contributed by atoms with Gasteiger partial charge < -0.3 is 10.2 Å². The van der Waals surface area contributed by atoms with E-state index < -0.39 is 0 Å². The van der Waals surface area contributed by atoms with Gasteiger partial charge in [-0.15, -0.1) is 0 Å². The molecule has 0 aromatic heterocycles. The standard InChI is InChI=1S/C11H22N2O/c1-9(8-12-4)10(14)13-7-5-6-11(13,2)3/h9,12H,5-8H2,1-4H3. The number of rotatable bonds is 3. The van der Waals surface area contributed by atoms with Crippen LogP contribution in [0.5, 0.6) is 0 Å². The molecule has 1 amide bonds. The summed E-state index contributed by atoms with van der Waals surface area (Å²) in [6.45, 7) is 8.01. The van der Waals surface area contributed by atoms with Crippen LogP contribution in [0.25, 0.3) is 0 Å². The van der Waals surface area contributed by atoms with Crippen LogP contribution in [0, 0.1) is 5.92 Å². The monoisotopic (exact) mass is 198 g/mol. The molecule has 3 heteroatoms. The summed E-state index contributed by atoms with van der Waals surface area (Å²) in [5, 5.41) is 3.05. The summed E-state index contributed by atoms with van der Waals surface area (Å²) in [5.41, 5.74) is 0.0685. The number of nitrogens with zero attached hydrogens (tertiary/aromatic N) is 1.